The second-order valence-electron chi connectivity index (χ2n) is 7.14. The number of carboxylic acids is 1. The third-order valence-electron chi connectivity index (χ3n) is 5.54. The average Bonchev–Trinajstić information content (AvgIpc) is 3.21. The number of aryl methyl sites for hydroxylation is 1. The van der Waals surface area contributed by atoms with Crippen LogP contribution in [0.5, 0.6) is 0 Å². The first kappa shape index (κ1) is 17.1. The van der Waals surface area contributed by atoms with Crippen LogP contribution in [0.1, 0.15) is 85.0 Å². The van der Waals surface area contributed by atoms with Gasteiger partial charge in [-0.3, -0.25) is 4.79 Å². The summed E-state index contributed by atoms with van der Waals surface area (Å²) in [6.07, 6.45) is 10.2. The first-order chi connectivity index (χ1) is 11.6. The lowest BCUT2D eigenvalue weighted by molar-refractivity contribution is 0.0672. The number of furan rings is 1. The number of rotatable bonds is 5. The number of carbonyl (C=O) groups is 2. The molecule has 1 aliphatic heterocycles. The number of nitrogens with zero attached hydrogens (tertiary/aromatic N) is 1. The first-order valence-corrected chi connectivity index (χ1v) is 9.27. The molecule has 5 nitrogen and oxygen atoms in total. The van der Waals surface area contributed by atoms with Crippen molar-refractivity contribution in [3.05, 3.63) is 23.2 Å². The fourth-order valence-corrected chi connectivity index (χ4v) is 4.28. The Kier molecular flexibility index (Phi) is 5.27. The molecular weight excluding hydrogens is 306 g/mol. The summed E-state index contributed by atoms with van der Waals surface area (Å²) in [6, 6.07) is 1.68. The lowest BCUT2D eigenvalue weighted by Gasteiger charge is -2.29. The van der Waals surface area contributed by atoms with Crippen molar-refractivity contribution in [3.63, 3.8) is 0 Å². The van der Waals surface area contributed by atoms with Gasteiger partial charge in [0.2, 0.25) is 0 Å². The molecule has 0 bridgehead atoms. The molecule has 1 unspecified atom stereocenters. The van der Waals surface area contributed by atoms with Crippen LogP contribution in [0, 0.1) is 5.92 Å². The van der Waals surface area contributed by atoms with Crippen LogP contribution in [0.2, 0.25) is 0 Å². The van der Waals surface area contributed by atoms with Crippen LogP contribution in [0.25, 0.3) is 0 Å². The van der Waals surface area contributed by atoms with Gasteiger partial charge in [-0.15, -0.1) is 0 Å². The maximum Gasteiger partial charge on any atom is 0.339 e. The highest BCUT2D eigenvalue weighted by Crippen LogP contribution is 2.33. The largest absolute Gasteiger partial charge is 0.478 e. The lowest BCUT2D eigenvalue weighted by Crippen LogP contribution is -2.36. The minimum atomic E-state index is -1.03. The third kappa shape index (κ3) is 3.50. The van der Waals surface area contributed by atoms with Crippen molar-refractivity contribution in [2.75, 3.05) is 6.54 Å². The van der Waals surface area contributed by atoms with E-state index < -0.39 is 5.97 Å². The van der Waals surface area contributed by atoms with E-state index in [0.717, 1.165) is 31.7 Å². The lowest BCUT2D eigenvalue weighted by atomic mass is 9.84. The second-order valence-corrected chi connectivity index (χ2v) is 7.14. The van der Waals surface area contributed by atoms with E-state index in [4.69, 9.17) is 4.42 Å². The molecule has 1 saturated carbocycles. The van der Waals surface area contributed by atoms with Gasteiger partial charge in [0.15, 0.2) is 5.76 Å². The van der Waals surface area contributed by atoms with Crippen LogP contribution < -0.4 is 0 Å². The van der Waals surface area contributed by atoms with Gasteiger partial charge in [-0.25, -0.2) is 4.79 Å². The molecule has 5 heteroatoms. The maximum absolute atomic E-state index is 12.8. The smallest absolute Gasteiger partial charge is 0.339 e. The fourth-order valence-electron chi connectivity index (χ4n) is 4.28. The van der Waals surface area contributed by atoms with Gasteiger partial charge in [0, 0.05) is 25.1 Å². The van der Waals surface area contributed by atoms with E-state index in [2.05, 4.69) is 0 Å². The van der Waals surface area contributed by atoms with E-state index in [0.29, 0.717) is 12.2 Å². The summed E-state index contributed by atoms with van der Waals surface area (Å²) in [4.78, 5) is 26.0. The van der Waals surface area contributed by atoms with Crippen molar-refractivity contribution in [2.45, 2.75) is 70.8 Å². The van der Waals surface area contributed by atoms with Crippen molar-refractivity contribution < 1.29 is 19.1 Å². The molecule has 1 N–H and O–H groups in total. The van der Waals surface area contributed by atoms with Crippen LogP contribution in [0.15, 0.2) is 10.5 Å². The zero-order valence-corrected chi connectivity index (χ0v) is 14.4. The van der Waals surface area contributed by atoms with E-state index >= 15 is 0 Å². The summed E-state index contributed by atoms with van der Waals surface area (Å²) in [7, 11) is 0. The van der Waals surface area contributed by atoms with E-state index in [1.54, 1.807) is 0 Å². The highest BCUT2D eigenvalue weighted by Gasteiger charge is 2.33. The average molecular weight is 333 g/mol. The van der Waals surface area contributed by atoms with Crippen LogP contribution >= 0.6 is 0 Å². The first-order valence-electron chi connectivity index (χ1n) is 9.27. The van der Waals surface area contributed by atoms with Crippen LogP contribution in [0.4, 0.5) is 0 Å². The molecule has 0 aromatic carbocycles. The molecule has 1 saturated heterocycles. The highest BCUT2D eigenvalue weighted by atomic mass is 16.4. The minimum absolute atomic E-state index is 0.115. The number of carboxylic acid groups (broad SMARTS) is 1. The van der Waals surface area contributed by atoms with Gasteiger partial charge in [0.1, 0.15) is 11.3 Å². The Morgan fingerprint density at radius 1 is 1.21 bits per heavy atom. The number of likely N-dealkylation sites (tertiary alicyclic amines) is 1. The Labute approximate surface area is 143 Å². The monoisotopic (exact) mass is 333 g/mol. The van der Waals surface area contributed by atoms with Crippen LogP contribution in [0.3, 0.4) is 0 Å². The van der Waals surface area contributed by atoms with E-state index in [1.807, 2.05) is 11.8 Å². The van der Waals surface area contributed by atoms with Gasteiger partial charge in [-0.05, 0) is 25.2 Å². The van der Waals surface area contributed by atoms with Crippen molar-refractivity contribution in [1.29, 1.82) is 0 Å². The van der Waals surface area contributed by atoms with Crippen molar-refractivity contribution in [1.82, 2.24) is 4.90 Å². The van der Waals surface area contributed by atoms with Gasteiger partial charge in [0.05, 0.1) is 0 Å². The molecule has 0 radical (unpaired) electrons. The summed E-state index contributed by atoms with van der Waals surface area (Å²) in [5, 5.41) is 9.24. The van der Waals surface area contributed by atoms with Crippen LogP contribution in [-0.2, 0) is 6.42 Å². The molecule has 24 heavy (non-hydrogen) atoms. The predicted octanol–water partition coefficient (Wildman–Crippen LogP) is 4.12. The Morgan fingerprint density at radius 2 is 1.96 bits per heavy atom. The molecule has 2 aliphatic rings. The van der Waals surface area contributed by atoms with Gasteiger partial charge in [-0.2, -0.15) is 0 Å². The molecule has 132 valence electrons. The molecule has 2 fully saturated rings. The molecule has 1 aromatic rings. The van der Waals surface area contributed by atoms with E-state index in [-0.39, 0.29) is 23.3 Å². The third-order valence-corrected chi connectivity index (χ3v) is 5.54. The number of carbonyl (C=O) groups excluding carboxylic acids is 1. The van der Waals surface area contributed by atoms with Gasteiger partial charge in [0.25, 0.3) is 5.91 Å². The standard InChI is InChI=1S/C19H27NO4/c1-2-16-15(19(22)23)12-17(24-16)18(21)20-10-6-9-14(20)11-13-7-4-3-5-8-13/h12-14H,2-11H2,1H3,(H,22,23). The molecule has 1 aliphatic carbocycles. The van der Waals surface area contributed by atoms with Gasteiger partial charge >= 0.3 is 5.97 Å². The van der Waals surface area contributed by atoms with Crippen molar-refractivity contribution >= 4 is 11.9 Å². The molecule has 1 amide bonds. The van der Waals surface area contributed by atoms with Crippen LogP contribution in [-0.4, -0.2) is 34.5 Å². The topological polar surface area (TPSA) is 70.8 Å². The number of hydrogen-bond acceptors (Lipinski definition) is 3. The molecule has 1 atom stereocenters. The second kappa shape index (κ2) is 7.41. The maximum atomic E-state index is 12.8. The van der Waals surface area contributed by atoms with E-state index in [1.165, 1.54) is 38.2 Å². The molecule has 3 rings (SSSR count). The summed E-state index contributed by atoms with van der Waals surface area (Å²) in [5.74, 6) is 0.119. The van der Waals surface area contributed by atoms with Gasteiger partial charge < -0.3 is 14.4 Å². The van der Waals surface area contributed by atoms with Crippen molar-refractivity contribution in [2.24, 2.45) is 5.92 Å². The Balaban J connectivity index is 1.72. The predicted molar refractivity (Wildman–Crippen MR) is 90.3 cm³/mol. The number of hydrogen-bond donors (Lipinski definition) is 1. The minimum Gasteiger partial charge on any atom is -0.478 e. The zero-order chi connectivity index (χ0) is 17.1. The number of amides is 1. The summed E-state index contributed by atoms with van der Waals surface area (Å²) in [5.41, 5.74) is 0.115. The summed E-state index contributed by atoms with van der Waals surface area (Å²) in [6.45, 7) is 2.59. The highest BCUT2D eigenvalue weighted by molar-refractivity contribution is 5.96. The van der Waals surface area contributed by atoms with Gasteiger partial charge in [-0.1, -0.05) is 39.0 Å². The SMILES string of the molecule is CCc1oc(C(=O)N2CCCC2CC2CCCCC2)cc1C(=O)O. The molecule has 2 heterocycles. The molecular formula is C19H27NO4. The normalized spacial score (nSPS) is 22.0. The van der Waals surface area contributed by atoms with E-state index in [9.17, 15) is 14.7 Å². The summed E-state index contributed by atoms with van der Waals surface area (Å²) < 4.78 is 5.57. The quantitative estimate of drug-likeness (QED) is 0.880. The Bertz CT molecular complexity index is 601. The fraction of sp³-hybridized carbons (Fsp3) is 0.684. The summed E-state index contributed by atoms with van der Waals surface area (Å²) >= 11 is 0. The Hall–Kier alpha value is -1.78. The Morgan fingerprint density at radius 3 is 2.58 bits per heavy atom. The molecule has 0 spiro atoms. The number of aromatic carboxylic acids is 1. The van der Waals surface area contributed by atoms with Crippen molar-refractivity contribution in [3.8, 4) is 0 Å². The molecule has 1 aromatic heterocycles. The zero-order valence-electron chi connectivity index (χ0n) is 14.4.